The van der Waals surface area contributed by atoms with E-state index in [4.69, 9.17) is 4.74 Å². The molecule has 0 saturated heterocycles. The van der Waals surface area contributed by atoms with E-state index in [0.29, 0.717) is 16.7 Å². The van der Waals surface area contributed by atoms with E-state index in [1.165, 1.54) is 0 Å². The van der Waals surface area contributed by atoms with E-state index in [1.54, 1.807) is 36.4 Å². The topological polar surface area (TPSA) is 80.8 Å². The van der Waals surface area contributed by atoms with Crippen LogP contribution in [0.5, 0.6) is 0 Å². The lowest BCUT2D eigenvalue weighted by Crippen LogP contribution is -2.31. The van der Waals surface area contributed by atoms with Gasteiger partial charge in [-0.25, -0.2) is 0 Å². The van der Waals surface area contributed by atoms with Gasteiger partial charge in [-0.3, -0.25) is 24.1 Å². The summed E-state index contributed by atoms with van der Waals surface area (Å²) in [7, 11) is 0. The first-order valence-electron chi connectivity index (χ1n) is 9.67. The van der Waals surface area contributed by atoms with E-state index < -0.39 is 5.97 Å². The highest BCUT2D eigenvalue weighted by Crippen LogP contribution is 2.22. The van der Waals surface area contributed by atoms with Gasteiger partial charge in [-0.15, -0.1) is 0 Å². The van der Waals surface area contributed by atoms with E-state index >= 15 is 0 Å². The second-order valence-corrected chi connectivity index (χ2v) is 7.06. The van der Waals surface area contributed by atoms with Crippen molar-refractivity contribution in [3.63, 3.8) is 0 Å². The molecule has 30 heavy (non-hydrogen) atoms. The summed E-state index contributed by atoms with van der Waals surface area (Å²) < 4.78 is 5.07. The fourth-order valence-corrected chi connectivity index (χ4v) is 3.49. The molecule has 3 aromatic carbocycles. The molecule has 0 fully saturated rings. The number of carbonyl (C=O) groups is 4. The minimum absolute atomic E-state index is 0.0123. The highest BCUT2D eigenvalue weighted by atomic mass is 16.5. The Morgan fingerprint density at radius 1 is 0.800 bits per heavy atom. The number of hydrogen-bond donors (Lipinski definition) is 0. The molecule has 0 N–H and O–H groups in total. The summed E-state index contributed by atoms with van der Waals surface area (Å²) in [5.74, 6) is -1.53. The molecule has 0 bridgehead atoms. The quantitative estimate of drug-likeness (QED) is 0.343. The molecule has 0 aromatic heterocycles. The maximum atomic E-state index is 12.3. The Hall–Kier alpha value is -3.80. The van der Waals surface area contributed by atoms with Crippen molar-refractivity contribution in [1.29, 1.82) is 0 Å². The normalized spacial score (nSPS) is 12.9. The number of fused-ring (bicyclic) bond motifs is 2. The van der Waals surface area contributed by atoms with Crippen molar-refractivity contribution in [2.75, 3.05) is 13.2 Å². The molecule has 4 rings (SSSR count). The first kappa shape index (κ1) is 19.5. The van der Waals surface area contributed by atoms with Crippen molar-refractivity contribution in [3.05, 3.63) is 83.4 Å². The molecule has 2 amide bonds. The summed E-state index contributed by atoms with van der Waals surface area (Å²) in [5, 5.41) is 1.97. The second-order valence-electron chi connectivity index (χ2n) is 7.06. The summed E-state index contributed by atoms with van der Waals surface area (Å²) in [6, 6.07) is 19.7. The molecule has 0 saturated carbocycles. The Labute approximate surface area is 173 Å². The maximum absolute atomic E-state index is 12.3. The van der Waals surface area contributed by atoms with Crippen molar-refractivity contribution in [2.45, 2.75) is 12.8 Å². The highest BCUT2D eigenvalue weighted by molar-refractivity contribution is 6.21. The van der Waals surface area contributed by atoms with E-state index in [2.05, 4.69) is 0 Å². The van der Waals surface area contributed by atoms with Crippen LogP contribution >= 0.6 is 0 Å². The average molecular weight is 401 g/mol. The molecule has 0 spiro atoms. The molecule has 1 aliphatic heterocycles. The first-order chi connectivity index (χ1) is 14.5. The third-order valence-electron chi connectivity index (χ3n) is 5.08. The van der Waals surface area contributed by atoms with Crippen molar-refractivity contribution in [3.8, 4) is 0 Å². The van der Waals surface area contributed by atoms with Gasteiger partial charge in [-0.2, -0.15) is 0 Å². The van der Waals surface area contributed by atoms with E-state index in [1.807, 2.05) is 30.3 Å². The van der Waals surface area contributed by atoms with Gasteiger partial charge in [0.1, 0.15) is 0 Å². The standard InChI is InChI=1S/C24H19NO5/c26-21(18-12-11-16-6-1-2-7-17(16)14-18)15-30-22(27)10-5-13-25-23(28)19-8-3-4-9-20(19)24(25)29/h1-4,6-9,11-12,14H,5,10,13,15H2. The van der Waals surface area contributed by atoms with Crippen LogP contribution in [-0.4, -0.2) is 41.6 Å². The summed E-state index contributed by atoms with van der Waals surface area (Å²) in [5.41, 5.74) is 1.24. The molecule has 150 valence electrons. The lowest BCUT2D eigenvalue weighted by atomic mass is 10.0. The SMILES string of the molecule is O=C(CCCN1C(=O)c2ccccc2C1=O)OCC(=O)c1ccc2ccccc2c1. The summed E-state index contributed by atoms with van der Waals surface area (Å²) in [4.78, 5) is 50.0. The molecular formula is C24H19NO5. The molecular weight excluding hydrogens is 382 g/mol. The predicted octanol–water partition coefficient (Wildman–Crippen LogP) is 3.64. The Bertz CT molecular complexity index is 1130. The number of ketones is 1. The van der Waals surface area contributed by atoms with E-state index in [-0.39, 0.29) is 43.6 Å². The number of Topliss-reactive ketones (excluding diaryl/α,β-unsaturated/α-hetero) is 1. The fraction of sp³-hybridized carbons (Fsp3) is 0.167. The van der Waals surface area contributed by atoms with Gasteiger partial charge in [-0.05, 0) is 35.4 Å². The van der Waals surface area contributed by atoms with Crippen molar-refractivity contribution in [2.24, 2.45) is 0 Å². The molecule has 0 atom stereocenters. The van der Waals surface area contributed by atoms with Gasteiger partial charge in [0.15, 0.2) is 12.4 Å². The minimum Gasteiger partial charge on any atom is -0.457 e. The molecule has 1 aliphatic rings. The number of carbonyl (C=O) groups excluding carboxylic acids is 4. The largest absolute Gasteiger partial charge is 0.457 e. The number of benzene rings is 3. The maximum Gasteiger partial charge on any atom is 0.306 e. The Kier molecular flexibility index (Phi) is 5.39. The monoisotopic (exact) mass is 401 g/mol. The zero-order valence-corrected chi connectivity index (χ0v) is 16.2. The second kappa shape index (κ2) is 8.29. The van der Waals surface area contributed by atoms with Crippen LogP contribution in [0.3, 0.4) is 0 Å². The molecule has 6 heteroatoms. The zero-order chi connectivity index (χ0) is 21.1. The number of imide groups is 1. The number of amides is 2. The lowest BCUT2D eigenvalue weighted by Gasteiger charge is -2.13. The van der Waals surface area contributed by atoms with Gasteiger partial charge < -0.3 is 4.74 Å². The number of ether oxygens (including phenoxy) is 1. The van der Waals surface area contributed by atoms with Crippen molar-refractivity contribution < 1.29 is 23.9 Å². The van der Waals surface area contributed by atoms with Crippen LogP contribution in [0.25, 0.3) is 10.8 Å². The highest BCUT2D eigenvalue weighted by Gasteiger charge is 2.34. The molecule has 3 aromatic rings. The summed E-state index contributed by atoms with van der Waals surface area (Å²) >= 11 is 0. The smallest absolute Gasteiger partial charge is 0.306 e. The Morgan fingerprint density at radius 2 is 1.43 bits per heavy atom. The van der Waals surface area contributed by atoms with Crippen LogP contribution in [-0.2, 0) is 9.53 Å². The molecule has 0 unspecified atom stereocenters. The number of hydrogen-bond acceptors (Lipinski definition) is 5. The van der Waals surface area contributed by atoms with Crippen LogP contribution in [0.15, 0.2) is 66.7 Å². The van der Waals surface area contributed by atoms with Gasteiger partial charge >= 0.3 is 5.97 Å². The van der Waals surface area contributed by atoms with Crippen LogP contribution in [0.1, 0.15) is 43.9 Å². The van der Waals surface area contributed by atoms with Crippen LogP contribution in [0.2, 0.25) is 0 Å². The summed E-state index contributed by atoms with van der Waals surface area (Å²) in [6.07, 6.45) is 0.285. The Morgan fingerprint density at radius 3 is 2.13 bits per heavy atom. The number of esters is 1. The van der Waals surface area contributed by atoms with Gasteiger partial charge in [0.05, 0.1) is 11.1 Å². The molecule has 0 aliphatic carbocycles. The minimum atomic E-state index is -0.541. The van der Waals surface area contributed by atoms with Crippen LogP contribution in [0.4, 0.5) is 0 Å². The van der Waals surface area contributed by atoms with Gasteiger partial charge in [0.25, 0.3) is 11.8 Å². The van der Waals surface area contributed by atoms with Crippen molar-refractivity contribution in [1.82, 2.24) is 4.90 Å². The number of rotatable bonds is 7. The van der Waals surface area contributed by atoms with Crippen LogP contribution in [0, 0.1) is 0 Å². The Balaban J connectivity index is 1.26. The van der Waals surface area contributed by atoms with E-state index in [0.717, 1.165) is 15.7 Å². The number of nitrogens with zero attached hydrogens (tertiary/aromatic N) is 1. The first-order valence-corrected chi connectivity index (χ1v) is 9.67. The van der Waals surface area contributed by atoms with Gasteiger partial charge in [0, 0.05) is 18.5 Å². The molecule has 1 heterocycles. The zero-order valence-electron chi connectivity index (χ0n) is 16.2. The van der Waals surface area contributed by atoms with Gasteiger partial charge in [0.2, 0.25) is 0 Å². The third-order valence-corrected chi connectivity index (χ3v) is 5.08. The molecule has 6 nitrogen and oxygen atoms in total. The lowest BCUT2D eigenvalue weighted by molar-refractivity contribution is -0.142. The third kappa shape index (κ3) is 3.85. The predicted molar refractivity (Wildman–Crippen MR) is 110 cm³/mol. The van der Waals surface area contributed by atoms with Crippen LogP contribution < -0.4 is 0 Å². The van der Waals surface area contributed by atoms with Crippen molar-refractivity contribution >= 4 is 34.3 Å². The van der Waals surface area contributed by atoms with Gasteiger partial charge in [-0.1, -0.05) is 48.5 Å². The average Bonchev–Trinajstić information content (AvgIpc) is 3.02. The van der Waals surface area contributed by atoms with E-state index in [9.17, 15) is 19.2 Å². The molecule has 0 radical (unpaired) electrons. The fourth-order valence-electron chi connectivity index (χ4n) is 3.49. The summed E-state index contributed by atoms with van der Waals surface area (Å²) in [6.45, 7) is -0.218.